The Morgan fingerprint density at radius 1 is 1.10 bits per heavy atom. The van der Waals surface area contributed by atoms with Crippen molar-refractivity contribution in [1.82, 2.24) is 20.5 Å². The van der Waals surface area contributed by atoms with Gasteiger partial charge in [0, 0.05) is 32.0 Å². The van der Waals surface area contributed by atoms with Crippen LogP contribution in [0.25, 0.3) is 0 Å². The van der Waals surface area contributed by atoms with E-state index in [1.165, 1.54) is 12.4 Å². The quantitative estimate of drug-likeness (QED) is 0.698. The molecule has 1 aromatic rings. The maximum atomic E-state index is 12.0. The van der Waals surface area contributed by atoms with E-state index in [9.17, 15) is 9.59 Å². The van der Waals surface area contributed by atoms with Crippen molar-refractivity contribution >= 4 is 11.8 Å². The van der Waals surface area contributed by atoms with Crippen LogP contribution >= 0.6 is 0 Å². The molecule has 0 bridgehead atoms. The number of unbranched alkanes of at least 4 members (excludes halogenated alkanes) is 1. The summed E-state index contributed by atoms with van der Waals surface area (Å²) in [5.74, 6) is -0.411. The van der Waals surface area contributed by atoms with E-state index in [2.05, 4.69) is 22.5 Å². The smallest absolute Gasteiger partial charge is 0.252 e. The Labute approximate surface area is 125 Å². The van der Waals surface area contributed by atoms with Crippen molar-refractivity contribution in [3.8, 4) is 0 Å². The standard InChI is InChI=1S/C15H24N4O2/c1-4-5-6-17-14(20)12-9-13(11-16-10-12)15(21)18-7-8-19(2)3/h9-11H,4-8H2,1-3H3,(H,17,20)(H,18,21). The Morgan fingerprint density at radius 2 is 1.67 bits per heavy atom. The van der Waals surface area contributed by atoms with Gasteiger partial charge < -0.3 is 15.5 Å². The van der Waals surface area contributed by atoms with Crippen LogP contribution in [0.5, 0.6) is 0 Å². The lowest BCUT2D eigenvalue weighted by molar-refractivity contribution is 0.0950. The number of likely N-dealkylation sites (N-methyl/N-ethyl adjacent to an activating group) is 1. The SMILES string of the molecule is CCCCNC(=O)c1cncc(C(=O)NCCN(C)C)c1. The Bertz CT molecular complexity index is 474. The van der Waals surface area contributed by atoms with E-state index >= 15 is 0 Å². The molecule has 2 amide bonds. The van der Waals surface area contributed by atoms with Gasteiger partial charge in [0.25, 0.3) is 11.8 Å². The molecule has 0 atom stereocenters. The molecule has 0 saturated heterocycles. The second kappa shape index (κ2) is 9.07. The fourth-order valence-electron chi connectivity index (χ4n) is 1.66. The fraction of sp³-hybridized carbons (Fsp3) is 0.533. The van der Waals surface area contributed by atoms with Gasteiger partial charge in [-0.1, -0.05) is 13.3 Å². The predicted molar refractivity (Wildman–Crippen MR) is 82.4 cm³/mol. The van der Waals surface area contributed by atoms with E-state index < -0.39 is 0 Å². The van der Waals surface area contributed by atoms with E-state index in [-0.39, 0.29) is 11.8 Å². The van der Waals surface area contributed by atoms with Crippen LogP contribution in [-0.4, -0.2) is 55.4 Å². The molecule has 6 heteroatoms. The van der Waals surface area contributed by atoms with Crippen LogP contribution in [0.3, 0.4) is 0 Å². The van der Waals surface area contributed by atoms with Crippen LogP contribution in [0, 0.1) is 0 Å². The van der Waals surface area contributed by atoms with Gasteiger partial charge in [-0.05, 0) is 26.6 Å². The van der Waals surface area contributed by atoms with Gasteiger partial charge in [0.05, 0.1) is 11.1 Å². The zero-order valence-electron chi connectivity index (χ0n) is 13.0. The summed E-state index contributed by atoms with van der Waals surface area (Å²) in [5, 5.41) is 5.60. The van der Waals surface area contributed by atoms with Crippen LogP contribution in [0.2, 0.25) is 0 Å². The Balaban J connectivity index is 2.58. The molecule has 0 unspecified atom stereocenters. The first-order chi connectivity index (χ1) is 10.0. The molecule has 2 N–H and O–H groups in total. The molecule has 1 heterocycles. The van der Waals surface area contributed by atoms with Crippen LogP contribution in [0.15, 0.2) is 18.5 Å². The van der Waals surface area contributed by atoms with Crippen LogP contribution < -0.4 is 10.6 Å². The zero-order chi connectivity index (χ0) is 15.7. The molecule has 6 nitrogen and oxygen atoms in total. The molecule has 0 saturated carbocycles. The summed E-state index contributed by atoms with van der Waals surface area (Å²) in [7, 11) is 3.88. The average Bonchev–Trinajstić information content (AvgIpc) is 2.47. The minimum atomic E-state index is -0.215. The zero-order valence-corrected chi connectivity index (χ0v) is 13.0. The number of pyridine rings is 1. The van der Waals surface area contributed by atoms with Gasteiger partial charge in [-0.15, -0.1) is 0 Å². The van der Waals surface area contributed by atoms with E-state index in [1.54, 1.807) is 6.07 Å². The highest BCUT2D eigenvalue weighted by Crippen LogP contribution is 2.03. The molecule has 0 aliphatic heterocycles. The van der Waals surface area contributed by atoms with Crippen LogP contribution in [-0.2, 0) is 0 Å². The first-order valence-corrected chi connectivity index (χ1v) is 7.20. The summed E-state index contributed by atoms with van der Waals surface area (Å²) in [6.45, 7) is 4.01. The normalized spacial score (nSPS) is 10.5. The molecule has 1 rings (SSSR count). The molecule has 0 aliphatic carbocycles. The van der Waals surface area contributed by atoms with Gasteiger partial charge in [0.1, 0.15) is 0 Å². The number of hydrogen-bond acceptors (Lipinski definition) is 4. The highest BCUT2D eigenvalue weighted by atomic mass is 16.2. The number of carbonyl (C=O) groups excluding carboxylic acids is 2. The third kappa shape index (κ3) is 6.35. The van der Waals surface area contributed by atoms with Crippen molar-refractivity contribution in [1.29, 1.82) is 0 Å². The first-order valence-electron chi connectivity index (χ1n) is 7.20. The minimum absolute atomic E-state index is 0.195. The van der Waals surface area contributed by atoms with Gasteiger partial charge in [0.2, 0.25) is 0 Å². The number of rotatable bonds is 8. The van der Waals surface area contributed by atoms with Crippen molar-refractivity contribution in [2.45, 2.75) is 19.8 Å². The van der Waals surface area contributed by atoms with Crippen molar-refractivity contribution < 1.29 is 9.59 Å². The lowest BCUT2D eigenvalue weighted by Gasteiger charge is -2.10. The Hall–Kier alpha value is -1.95. The summed E-state index contributed by atoms with van der Waals surface area (Å²) in [4.78, 5) is 29.8. The van der Waals surface area contributed by atoms with E-state index in [1.807, 2.05) is 19.0 Å². The van der Waals surface area contributed by atoms with E-state index in [4.69, 9.17) is 0 Å². The number of hydrogen-bond donors (Lipinski definition) is 2. The highest BCUT2D eigenvalue weighted by molar-refractivity contribution is 5.99. The van der Waals surface area contributed by atoms with Gasteiger partial charge >= 0.3 is 0 Å². The molecule has 0 spiro atoms. The molecule has 21 heavy (non-hydrogen) atoms. The number of amides is 2. The number of nitrogens with zero attached hydrogens (tertiary/aromatic N) is 2. The summed E-state index contributed by atoms with van der Waals surface area (Å²) in [6, 6.07) is 1.57. The topological polar surface area (TPSA) is 74.3 Å². The lowest BCUT2D eigenvalue weighted by atomic mass is 10.2. The van der Waals surface area contributed by atoms with Crippen molar-refractivity contribution in [2.75, 3.05) is 33.7 Å². The number of nitrogens with one attached hydrogen (secondary N) is 2. The third-order valence-corrected chi connectivity index (χ3v) is 2.92. The summed E-state index contributed by atoms with van der Waals surface area (Å²) < 4.78 is 0. The minimum Gasteiger partial charge on any atom is -0.352 e. The average molecular weight is 292 g/mol. The molecular formula is C15H24N4O2. The molecular weight excluding hydrogens is 268 g/mol. The van der Waals surface area contributed by atoms with Crippen molar-refractivity contribution in [3.05, 3.63) is 29.6 Å². The highest BCUT2D eigenvalue weighted by Gasteiger charge is 2.10. The second-order valence-corrected chi connectivity index (χ2v) is 5.13. The van der Waals surface area contributed by atoms with Gasteiger partial charge in [-0.3, -0.25) is 14.6 Å². The second-order valence-electron chi connectivity index (χ2n) is 5.13. The Kier molecular flexibility index (Phi) is 7.39. The number of aromatic nitrogens is 1. The van der Waals surface area contributed by atoms with E-state index in [0.29, 0.717) is 24.2 Å². The molecule has 0 radical (unpaired) electrons. The first kappa shape index (κ1) is 17.1. The lowest BCUT2D eigenvalue weighted by Crippen LogP contribution is -2.31. The van der Waals surface area contributed by atoms with Crippen LogP contribution in [0.4, 0.5) is 0 Å². The molecule has 1 aromatic heterocycles. The van der Waals surface area contributed by atoms with Crippen molar-refractivity contribution in [2.24, 2.45) is 0 Å². The Morgan fingerprint density at radius 3 is 2.19 bits per heavy atom. The molecule has 0 aromatic carbocycles. The maximum Gasteiger partial charge on any atom is 0.252 e. The van der Waals surface area contributed by atoms with Gasteiger partial charge in [-0.2, -0.15) is 0 Å². The molecule has 116 valence electrons. The summed E-state index contributed by atoms with van der Waals surface area (Å²) >= 11 is 0. The van der Waals surface area contributed by atoms with E-state index in [0.717, 1.165) is 19.4 Å². The fourth-order valence-corrected chi connectivity index (χ4v) is 1.66. The predicted octanol–water partition coefficient (Wildman–Crippen LogP) is 0.903. The van der Waals surface area contributed by atoms with Crippen molar-refractivity contribution in [3.63, 3.8) is 0 Å². The summed E-state index contributed by atoms with van der Waals surface area (Å²) in [5.41, 5.74) is 0.809. The molecule has 0 fully saturated rings. The van der Waals surface area contributed by atoms with Gasteiger partial charge in [-0.25, -0.2) is 0 Å². The van der Waals surface area contributed by atoms with Crippen LogP contribution in [0.1, 0.15) is 40.5 Å². The monoisotopic (exact) mass is 292 g/mol. The molecule has 0 aliphatic rings. The largest absolute Gasteiger partial charge is 0.352 e. The van der Waals surface area contributed by atoms with Gasteiger partial charge in [0.15, 0.2) is 0 Å². The number of carbonyl (C=O) groups is 2. The summed E-state index contributed by atoms with van der Waals surface area (Å²) in [6.07, 6.45) is 4.89. The maximum absolute atomic E-state index is 12.0. The third-order valence-electron chi connectivity index (χ3n) is 2.92.